The molecule has 0 saturated carbocycles. The summed E-state index contributed by atoms with van der Waals surface area (Å²) in [6.07, 6.45) is 2.50. The zero-order chi connectivity index (χ0) is 13.0. The van der Waals surface area contributed by atoms with E-state index in [1.807, 2.05) is 13.8 Å². The molecule has 0 spiro atoms. The van der Waals surface area contributed by atoms with E-state index in [0.717, 1.165) is 10.9 Å². The maximum Gasteiger partial charge on any atom is 0.257 e. The van der Waals surface area contributed by atoms with Crippen LogP contribution >= 0.6 is 27.5 Å². The highest BCUT2D eigenvalue weighted by Gasteiger charge is 2.21. The first-order chi connectivity index (χ1) is 8.01. The van der Waals surface area contributed by atoms with Gasteiger partial charge in [-0.25, -0.2) is 4.98 Å². The lowest BCUT2D eigenvalue weighted by molar-refractivity contribution is 0.0699. The van der Waals surface area contributed by atoms with Gasteiger partial charge >= 0.3 is 0 Å². The number of rotatable bonds is 4. The molecule has 1 aromatic heterocycles. The van der Waals surface area contributed by atoms with Crippen molar-refractivity contribution in [2.45, 2.75) is 33.2 Å². The molecule has 0 aliphatic heterocycles. The van der Waals surface area contributed by atoms with Gasteiger partial charge in [0, 0.05) is 23.3 Å². The Morgan fingerprint density at radius 3 is 2.76 bits per heavy atom. The molecule has 0 aliphatic carbocycles. The second-order valence-electron chi connectivity index (χ2n) is 3.84. The molecule has 0 saturated heterocycles. The Kier molecular flexibility index (Phi) is 5.40. The quantitative estimate of drug-likeness (QED) is 0.792. The first kappa shape index (κ1) is 14.5. The molecule has 17 heavy (non-hydrogen) atoms. The molecule has 0 fully saturated rings. The Labute approximate surface area is 115 Å². The first-order valence-corrected chi connectivity index (χ1v) is 6.80. The number of amides is 1. The number of halogens is 2. The number of carbonyl (C=O) groups excluding carboxylic acids is 1. The molecule has 1 unspecified atom stereocenters. The molecule has 3 nitrogen and oxygen atoms in total. The molecule has 1 aromatic rings. The van der Waals surface area contributed by atoms with Gasteiger partial charge in [-0.15, -0.1) is 0 Å². The molecular weight excluding hydrogens is 304 g/mol. The third kappa shape index (κ3) is 3.42. The molecule has 0 aromatic carbocycles. The first-order valence-electron chi connectivity index (χ1n) is 5.63. The Morgan fingerprint density at radius 2 is 2.24 bits per heavy atom. The highest BCUT2D eigenvalue weighted by Crippen LogP contribution is 2.21. The van der Waals surface area contributed by atoms with Crippen molar-refractivity contribution in [3.63, 3.8) is 0 Å². The summed E-state index contributed by atoms with van der Waals surface area (Å²) in [7, 11) is 0. The lowest BCUT2D eigenvalue weighted by Crippen LogP contribution is -2.38. The van der Waals surface area contributed by atoms with E-state index in [2.05, 4.69) is 27.8 Å². The fourth-order valence-corrected chi connectivity index (χ4v) is 2.12. The van der Waals surface area contributed by atoms with Gasteiger partial charge < -0.3 is 4.90 Å². The van der Waals surface area contributed by atoms with E-state index >= 15 is 0 Å². The van der Waals surface area contributed by atoms with Crippen LogP contribution in [-0.4, -0.2) is 28.4 Å². The molecule has 1 rings (SSSR count). The smallest absolute Gasteiger partial charge is 0.257 e. The largest absolute Gasteiger partial charge is 0.336 e. The third-order valence-electron chi connectivity index (χ3n) is 2.76. The van der Waals surface area contributed by atoms with Crippen LogP contribution in [0.3, 0.4) is 0 Å². The second kappa shape index (κ2) is 6.36. The highest BCUT2D eigenvalue weighted by atomic mass is 79.9. The minimum Gasteiger partial charge on any atom is -0.336 e. The average molecular weight is 320 g/mol. The van der Waals surface area contributed by atoms with E-state index in [4.69, 9.17) is 11.6 Å². The van der Waals surface area contributed by atoms with Gasteiger partial charge in [-0.3, -0.25) is 4.79 Å². The van der Waals surface area contributed by atoms with Crippen molar-refractivity contribution in [2.75, 3.05) is 6.54 Å². The molecule has 0 N–H and O–H groups in total. The Morgan fingerprint density at radius 1 is 1.59 bits per heavy atom. The molecule has 1 amide bonds. The molecular formula is C12H16BrClN2O. The van der Waals surface area contributed by atoms with Crippen LogP contribution < -0.4 is 0 Å². The number of carbonyl (C=O) groups is 1. The predicted octanol–water partition coefficient (Wildman–Crippen LogP) is 3.76. The lowest BCUT2D eigenvalue weighted by atomic mass is 10.1. The van der Waals surface area contributed by atoms with Crippen molar-refractivity contribution in [1.29, 1.82) is 0 Å². The van der Waals surface area contributed by atoms with Crippen molar-refractivity contribution in [3.8, 4) is 0 Å². The van der Waals surface area contributed by atoms with Gasteiger partial charge in [0.15, 0.2) is 0 Å². The Hall–Kier alpha value is -0.610. The van der Waals surface area contributed by atoms with Crippen LogP contribution in [0.5, 0.6) is 0 Å². The minimum atomic E-state index is -0.0688. The van der Waals surface area contributed by atoms with Crippen LogP contribution in [0.25, 0.3) is 0 Å². The van der Waals surface area contributed by atoms with Crippen LogP contribution in [0.15, 0.2) is 16.7 Å². The normalized spacial score (nSPS) is 12.3. The fourth-order valence-electron chi connectivity index (χ4n) is 1.60. The van der Waals surface area contributed by atoms with Gasteiger partial charge in [0.1, 0.15) is 5.15 Å². The summed E-state index contributed by atoms with van der Waals surface area (Å²) in [6, 6.07) is 1.91. The summed E-state index contributed by atoms with van der Waals surface area (Å²) in [5, 5.41) is 0.250. The predicted molar refractivity (Wildman–Crippen MR) is 73.4 cm³/mol. The molecule has 94 valence electrons. The van der Waals surface area contributed by atoms with Crippen molar-refractivity contribution in [2.24, 2.45) is 0 Å². The van der Waals surface area contributed by atoms with E-state index in [0.29, 0.717) is 12.1 Å². The highest BCUT2D eigenvalue weighted by molar-refractivity contribution is 9.10. The zero-order valence-electron chi connectivity index (χ0n) is 10.2. The zero-order valence-corrected chi connectivity index (χ0v) is 12.5. The maximum absolute atomic E-state index is 12.3. The molecule has 0 radical (unpaired) electrons. The van der Waals surface area contributed by atoms with Crippen LogP contribution in [-0.2, 0) is 0 Å². The van der Waals surface area contributed by atoms with Crippen LogP contribution in [0, 0.1) is 0 Å². The van der Waals surface area contributed by atoms with Gasteiger partial charge in [-0.2, -0.15) is 0 Å². The summed E-state index contributed by atoms with van der Waals surface area (Å²) < 4.78 is 0.755. The van der Waals surface area contributed by atoms with Gasteiger partial charge in [0.25, 0.3) is 5.91 Å². The van der Waals surface area contributed by atoms with E-state index in [1.165, 1.54) is 0 Å². The van der Waals surface area contributed by atoms with Crippen LogP contribution in [0.2, 0.25) is 5.15 Å². The number of hydrogen-bond donors (Lipinski definition) is 0. The van der Waals surface area contributed by atoms with Crippen molar-refractivity contribution in [3.05, 3.63) is 27.5 Å². The minimum absolute atomic E-state index is 0.0688. The van der Waals surface area contributed by atoms with Gasteiger partial charge in [-0.1, -0.05) is 18.5 Å². The number of pyridine rings is 1. The Balaban J connectivity index is 3.05. The SMILES string of the molecule is CCC(C)N(CC)C(=O)c1cc(Br)cnc1Cl. The van der Waals surface area contributed by atoms with E-state index in [9.17, 15) is 4.79 Å². The molecule has 0 bridgehead atoms. The summed E-state index contributed by atoms with van der Waals surface area (Å²) in [5.41, 5.74) is 0.447. The number of hydrogen-bond acceptors (Lipinski definition) is 2. The molecule has 0 aliphatic rings. The van der Waals surface area contributed by atoms with Crippen molar-refractivity contribution in [1.82, 2.24) is 9.88 Å². The maximum atomic E-state index is 12.3. The van der Waals surface area contributed by atoms with Crippen molar-refractivity contribution < 1.29 is 4.79 Å². The standard InChI is InChI=1S/C12H16BrClN2O/c1-4-8(3)16(5-2)12(17)10-6-9(13)7-15-11(10)14/h6-8H,4-5H2,1-3H3. The van der Waals surface area contributed by atoms with E-state index < -0.39 is 0 Å². The molecule has 5 heteroatoms. The van der Waals surface area contributed by atoms with Crippen molar-refractivity contribution >= 4 is 33.4 Å². The van der Waals surface area contributed by atoms with Gasteiger partial charge in [-0.05, 0) is 42.3 Å². The number of aromatic nitrogens is 1. The Bertz CT molecular complexity index is 411. The van der Waals surface area contributed by atoms with E-state index in [1.54, 1.807) is 17.2 Å². The summed E-state index contributed by atoms with van der Waals surface area (Å²) in [6.45, 7) is 6.71. The molecule has 1 heterocycles. The van der Waals surface area contributed by atoms with Crippen LogP contribution in [0.4, 0.5) is 0 Å². The summed E-state index contributed by atoms with van der Waals surface area (Å²) >= 11 is 9.26. The molecule has 1 atom stereocenters. The average Bonchev–Trinajstić information content (AvgIpc) is 2.32. The lowest BCUT2D eigenvalue weighted by Gasteiger charge is -2.27. The summed E-state index contributed by atoms with van der Waals surface area (Å²) in [4.78, 5) is 18.1. The fraction of sp³-hybridized carbons (Fsp3) is 0.500. The second-order valence-corrected chi connectivity index (χ2v) is 5.11. The third-order valence-corrected chi connectivity index (χ3v) is 3.50. The summed E-state index contributed by atoms with van der Waals surface area (Å²) in [5.74, 6) is -0.0688. The van der Waals surface area contributed by atoms with Gasteiger partial charge in [0.2, 0.25) is 0 Å². The monoisotopic (exact) mass is 318 g/mol. The van der Waals surface area contributed by atoms with E-state index in [-0.39, 0.29) is 17.1 Å². The van der Waals surface area contributed by atoms with Crippen LogP contribution in [0.1, 0.15) is 37.6 Å². The topological polar surface area (TPSA) is 33.2 Å². The number of nitrogens with zero attached hydrogens (tertiary/aromatic N) is 2. The van der Waals surface area contributed by atoms with Gasteiger partial charge in [0.05, 0.1) is 5.56 Å².